The Morgan fingerprint density at radius 3 is 2.76 bits per heavy atom. The Hall–Kier alpha value is -1.43. The van der Waals surface area contributed by atoms with Crippen molar-refractivity contribution in [2.45, 2.75) is 19.9 Å². The molecule has 0 aliphatic carbocycles. The highest BCUT2D eigenvalue weighted by Crippen LogP contribution is 2.32. The average molecular weight is 306 g/mol. The van der Waals surface area contributed by atoms with Crippen LogP contribution in [0.2, 0.25) is 0 Å². The van der Waals surface area contributed by atoms with Gasteiger partial charge in [0.05, 0.1) is 17.7 Å². The second kappa shape index (κ2) is 8.12. The van der Waals surface area contributed by atoms with Crippen LogP contribution in [0.25, 0.3) is 0 Å². The van der Waals surface area contributed by atoms with E-state index in [4.69, 9.17) is 9.47 Å². The van der Waals surface area contributed by atoms with E-state index >= 15 is 0 Å². The first kappa shape index (κ1) is 15.9. The van der Waals surface area contributed by atoms with Crippen molar-refractivity contribution in [3.05, 3.63) is 45.9 Å². The predicted octanol–water partition coefficient (Wildman–Crippen LogP) is 3.18. The first-order chi connectivity index (χ1) is 10.3. The van der Waals surface area contributed by atoms with Crippen LogP contribution in [0.1, 0.15) is 28.4 Å². The molecule has 0 aliphatic rings. The van der Waals surface area contributed by atoms with Crippen molar-refractivity contribution in [2.75, 3.05) is 26.9 Å². The van der Waals surface area contributed by atoms with Gasteiger partial charge in [0.15, 0.2) is 0 Å². The van der Waals surface area contributed by atoms with Gasteiger partial charge in [-0.25, -0.2) is 4.98 Å². The lowest BCUT2D eigenvalue weighted by Crippen LogP contribution is -2.22. The van der Waals surface area contributed by atoms with Gasteiger partial charge in [-0.1, -0.05) is 25.1 Å². The molecular formula is C16H22N2O2S. The summed E-state index contributed by atoms with van der Waals surface area (Å²) in [6.45, 7) is 6.15. The van der Waals surface area contributed by atoms with Crippen LogP contribution in [0.15, 0.2) is 30.5 Å². The molecule has 0 spiro atoms. The number of rotatable bonds is 8. The normalized spacial score (nSPS) is 12.3. The van der Waals surface area contributed by atoms with Crippen LogP contribution < -0.4 is 10.1 Å². The van der Waals surface area contributed by atoms with E-state index in [1.807, 2.05) is 31.3 Å². The molecule has 1 atom stereocenters. The summed E-state index contributed by atoms with van der Waals surface area (Å²) < 4.78 is 10.9. The summed E-state index contributed by atoms with van der Waals surface area (Å²) in [4.78, 5) is 5.57. The van der Waals surface area contributed by atoms with Gasteiger partial charge in [0.25, 0.3) is 0 Å². The number of methoxy groups -OCH3 is 1. The van der Waals surface area contributed by atoms with Crippen molar-refractivity contribution >= 4 is 11.3 Å². The highest BCUT2D eigenvalue weighted by molar-refractivity contribution is 7.11. The number of nitrogens with one attached hydrogen (secondary N) is 1. The molecule has 1 N–H and O–H groups in total. The second-order valence-electron chi connectivity index (χ2n) is 4.65. The SMILES string of the molecule is CCNC(c1cnc(C)s1)c1ccccc1OCCOC. The number of hydrogen-bond acceptors (Lipinski definition) is 5. The van der Waals surface area contributed by atoms with Crippen LogP contribution in [-0.4, -0.2) is 31.9 Å². The van der Waals surface area contributed by atoms with Gasteiger partial charge in [-0.15, -0.1) is 11.3 Å². The first-order valence-electron chi connectivity index (χ1n) is 7.12. The summed E-state index contributed by atoms with van der Waals surface area (Å²) in [6.07, 6.45) is 1.94. The average Bonchev–Trinajstić information content (AvgIpc) is 2.92. The number of thiazole rings is 1. The zero-order valence-corrected chi connectivity index (χ0v) is 13.6. The maximum Gasteiger partial charge on any atom is 0.124 e. The Morgan fingerprint density at radius 1 is 1.29 bits per heavy atom. The van der Waals surface area contributed by atoms with E-state index in [0.717, 1.165) is 22.9 Å². The van der Waals surface area contributed by atoms with Gasteiger partial charge in [0.2, 0.25) is 0 Å². The van der Waals surface area contributed by atoms with Gasteiger partial charge in [0, 0.05) is 23.7 Å². The van der Waals surface area contributed by atoms with E-state index in [-0.39, 0.29) is 6.04 Å². The van der Waals surface area contributed by atoms with Gasteiger partial charge in [-0.2, -0.15) is 0 Å². The number of para-hydroxylation sites is 1. The lowest BCUT2D eigenvalue weighted by molar-refractivity contribution is 0.145. The van der Waals surface area contributed by atoms with E-state index in [2.05, 4.69) is 23.3 Å². The third-order valence-corrected chi connectivity index (χ3v) is 4.08. The van der Waals surface area contributed by atoms with Crippen molar-refractivity contribution in [3.63, 3.8) is 0 Å². The van der Waals surface area contributed by atoms with E-state index in [9.17, 15) is 0 Å². The minimum Gasteiger partial charge on any atom is -0.491 e. The Morgan fingerprint density at radius 2 is 2.10 bits per heavy atom. The molecule has 2 rings (SSSR count). The largest absolute Gasteiger partial charge is 0.491 e. The smallest absolute Gasteiger partial charge is 0.124 e. The fourth-order valence-corrected chi connectivity index (χ4v) is 3.04. The number of ether oxygens (including phenoxy) is 2. The zero-order chi connectivity index (χ0) is 15.1. The van der Waals surface area contributed by atoms with Crippen LogP contribution in [0.5, 0.6) is 5.75 Å². The Bertz CT molecular complexity index is 557. The quantitative estimate of drug-likeness (QED) is 0.761. The van der Waals surface area contributed by atoms with Crippen molar-refractivity contribution < 1.29 is 9.47 Å². The molecule has 1 aromatic heterocycles. The Labute approximate surface area is 130 Å². The molecule has 114 valence electrons. The van der Waals surface area contributed by atoms with Gasteiger partial charge in [-0.05, 0) is 19.5 Å². The molecule has 2 aromatic rings. The summed E-state index contributed by atoms with van der Waals surface area (Å²) >= 11 is 1.71. The lowest BCUT2D eigenvalue weighted by Gasteiger charge is -2.20. The molecule has 0 aliphatic heterocycles. The topological polar surface area (TPSA) is 43.4 Å². The first-order valence-corrected chi connectivity index (χ1v) is 7.94. The number of aryl methyl sites for hydroxylation is 1. The van der Waals surface area contributed by atoms with Crippen LogP contribution >= 0.6 is 11.3 Å². The molecule has 0 radical (unpaired) electrons. The summed E-state index contributed by atoms with van der Waals surface area (Å²) in [5.74, 6) is 0.895. The molecular weight excluding hydrogens is 284 g/mol. The lowest BCUT2D eigenvalue weighted by atomic mass is 10.0. The Balaban J connectivity index is 2.27. The van der Waals surface area contributed by atoms with Crippen molar-refractivity contribution in [1.82, 2.24) is 10.3 Å². The van der Waals surface area contributed by atoms with E-state index in [1.54, 1.807) is 18.4 Å². The molecule has 1 heterocycles. The monoisotopic (exact) mass is 306 g/mol. The molecule has 0 bridgehead atoms. The van der Waals surface area contributed by atoms with Crippen LogP contribution in [0, 0.1) is 6.92 Å². The van der Waals surface area contributed by atoms with E-state index in [0.29, 0.717) is 13.2 Å². The maximum atomic E-state index is 5.85. The summed E-state index contributed by atoms with van der Waals surface area (Å²) in [5.41, 5.74) is 1.14. The van der Waals surface area contributed by atoms with E-state index in [1.165, 1.54) is 4.88 Å². The molecule has 1 unspecified atom stereocenters. The van der Waals surface area contributed by atoms with Crippen molar-refractivity contribution in [3.8, 4) is 5.75 Å². The molecule has 1 aromatic carbocycles. The molecule has 0 saturated carbocycles. The molecule has 4 nitrogen and oxygen atoms in total. The minimum atomic E-state index is 0.111. The maximum absolute atomic E-state index is 5.85. The van der Waals surface area contributed by atoms with Crippen molar-refractivity contribution in [2.24, 2.45) is 0 Å². The third kappa shape index (κ3) is 4.27. The van der Waals surface area contributed by atoms with Crippen LogP contribution in [-0.2, 0) is 4.74 Å². The van der Waals surface area contributed by atoms with E-state index < -0.39 is 0 Å². The van der Waals surface area contributed by atoms with Gasteiger partial charge >= 0.3 is 0 Å². The number of hydrogen-bond donors (Lipinski definition) is 1. The predicted molar refractivity (Wildman–Crippen MR) is 86.2 cm³/mol. The molecule has 5 heteroatoms. The second-order valence-corrected chi connectivity index (χ2v) is 5.92. The van der Waals surface area contributed by atoms with Gasteiger partial charge < -0.3 is 14.8 Å². The zero-order valence-electron chi connectivity index (χ0n) is 12.8. The molecule has 0 saturated heterocycles. The van der Waals surface area contributed by atoms with Crippen LogP contribution in [0.4, 0.5) is 0 Å². The van der Waals surface area contributed by atoms with Crippen LogP contribution in [0.3, 0.4) is 0 Å². The van der Waals surface area contributed by atoms with Gasteiger partial charge in [-0.3, -0.25) is 0 Å². The third-order valence-electron chi connectivity index (χ3n) is 3.11. The fourth-order valence-electron chi connectivity index (χ4n) is 2.16. The molecule has 0 fully saturated rings. The number of benzene rings is 1. The van der Waals surface area contributed by atoms with Gasteiger partial charge in [0.1, 0.15) is 12.4 Å². The number of nitrogens with zero attached hydrogens (tertiary/aromatic N) is 1. The Kier molecular flexibility index (Phi) is 6.17. The molecule has 0 amide bonds. The highest BCUT2D eigenvalue weighted by Gasteiger charge is 2.19. The fraction of sp³-hybridized carbons (Fsp3) is 0.438. The summed E-state index contributed by atoms with van der Waals surface area (Å²) in [5, 5.41) is 4.59. The van der Waals surface area contributed by atoms with Crippen molar-refractivity contribution in [1.29, 1.82) is 0 Å². The standard InChI is InChI=1S/C16H22N2O2S/c1-4-17-16(15-11-18-12(2)21-15)13-7-5-6-8-14(13)20-10-9-19-3/h5-8,11,16-17H,4,9-10H2,1-3H3. The summed E-state index contributed by atoms with van der Waals surface area (Å²) in [6, 6.07) is 8.25. The minimum absolute atomic E-state index is 0.111. The molecule has 21 heavy (non-hydrogen) atoms. The number of aromatic nitrogens is 1. The summed E-state index contributed by atoms with van der Waals surface area (Å²) in [7, 11) is 1.68. The highest BCUT2D eigenvalue weighted by atomic mass is 32.1.